The topological polar surface area (TPSA) is 99.3 Å². The van der Waals surface area contributed by atoms with E-state index in [-0.39, 0.29) is 12.8 Å². The number of carboxylic acid groups (broad SMARTS) is 1. The third kappa shape index (κ3) is 1.69. The SMILES string of the molecule is O=C1CC(=O)[C@@](Cc2c[nH]c3ccccc23)(C(=O)O)N1. The smallest absolute Gasteiger partial charge is 0.337 e. The van der Waals surface area contributed by atoms with Crippen LogP contribution in [-0.2, 0) is 20.8 Å². The third-order valence-electron chi connectivity index (χ3n) is 3.65. The molecule has 2 heterocycles. The fourth-order valence-corrected chi connectivity index (χ4v) is 2.60. The number of fused-ring (bicyclic) bond motifs is 1. The van der Waals surface area contributed by atoms with Crippen molar-refractivity contribution in [1.29, 1.82) is 0 Å². The van der Waals surface area contributed by atoms with Gasteiger partial charge in [0.15, 0.2) is 5.78 Å². The number of hydrogen-bond donors (Lipinski definition) is 3. The van der Waals surface area contributed by atoms with Crippen molar-refractivity contribution >= 4 is 28.6 Å². The average Bonchev–Trinajstić information content (AvgIpc) is 2.93. The summed E-state index contributed by atoms with van der Waals surface area (Å²) in [5.74, 6) is -2.46. The van der Waals surface area contributed by atoms with Crippen molar-refractivity contribution in [1.82, 2.24) is 10.3 Å². The van der Waals surface area contributed by atoms with E-state index in [4.69, 9.17) is 0 Å². The molecule has 0 unspecified atom stereocenters. The lowest BCUT2D eigenvalue weighted by Gasteiger charge is -2.22. The maximum Gasteiger partial charge on any atom is 0.337 e. The van der Waals surface area contributed by atoms with Crippen molar-refractivity contribution in [3.05, 3.63) is 36.0 Å². The van der Waals surface area contributed by atoms with Gasteiger partial charge in [-0.15, -0.1) is 0 Å². The van der Waals surface area contributed by atoms with Crippen LogP contribution in [0.25, 0.3) is 10.9 Å². The van der Waals surface area contributed by atoms with Crippen molar-refractivity contribution in [2.24, 2.45) is 0 Å². The summed E-state index contributed by atoms with van der Waals surface area (Å²) >= 11 is 0. The standard InChI is InChI=1S/C14H12N2O4/c17-11-5-12(18)16-14(11,13(19)20)6-8-7-15-10-4-2-1-3-9(8)10/h1-4,7,15H,5-6H2,(H,16,18)(H,19,20)/t14-/m0/s1. The highest BCUT2D eigenvalue weighted by molar-refractivity contribution is 6.21. The number of H-pyrrole nitrogens is 1. The number of aromatic nitrogens is 1. The van der Waals surface area contributed by atoms with Crippen LogP contribution < -0.4 is 5.32 Å². The second-order valence-electron chi connectivity index (χ2n) is 4.89. The van der Waals surface area contributed by atoms with Crippen LogP contribution in [0.15, 0.2) is 30.5 Å². The number of aliphatic carboxylic acids is 1. The Bertz CT molecular complexity index is 734. The molecule has 0 aliphatic carbocycles. The molecule has 0 bridgehead atoms. The summed E-state index contributed by atoms with van der Waals surface area (Å²) in [5, 5.41) is 12.5. The molecule has 3 rings (SSSR count). The predicted molar refractivity (Wildman–Crippen MR) is 70.1 cm³/mol. The Kier molecular flexibility index (Phi) is 2.60. The van der Waals surface area contributed by atoms with Crippen LogP contribution in [0.1, 0.15) is 12.0 Å². The molecule has 6 nitrogen and oxygen atoms in total. The van der Waals surface area contributed by atoms with E-state index in [9.17, 15) is 19.5 Å². The Morgan fingerprint density at radius 2 is 2.05 bits per heavy atom. The maximum absolute atomic E-state index is 11.9. The molecule has 1 atom stereocenters. The first-order valence-corrected chi connectivity index (χ1v) is 6.15. The minimum Gasteiger partial charge on any atom is -0.479 e. The summed E-state index contributed by atoms with van der Waals surface area (Å²) in [6.45, 7) is 0. The Hall–Kier alpha value is -2.63. The van der Waals surface area contributed by atoms with Crippen molar-refractivity contribution in [3.63, 3.8) is 0 Å². The van der Waals surface area contributed by atoms with E-state index in [1.165, 1.54) is 0 Å². The molecular formula is C14H12N2O4. The molecular weight excluding hydrogens is 260 g/mol. The molecule has 0 saturated carbocycles. The van der Waals surface area contributed by atoms with E-state index in [1.54, 1.807) is 6.20 Å². The zero-order chi connectivity index (χ0) is 14.3. The molecule has 3 N–H and O–H groups in total. The van der Waals surface area contributed by atoms with Gasteiger partial charge in [-0.2, -0.15) is 0 Å². The summed E-state index contributed by atoms with van der Waals surface area (Å²) in [7, 11) is 0. The third-order valence-corrected chi connectivity index (χ3v) is 3.65. The van der Waals surface area contributed by atoms with Gasteiger partial charge in [-0.3, -0.25) is 9.59 Å². The van der Waals surface area contributed by atoms with E-state index in [0.29, 0.717) is 5.56 Å². The largest absolute Gasteiger partial charge is 0.479 e. The van der Waals surface area contributed by atoms with Crippen molar-refractivity contribution in [2.75, 3.05) is 0 Å². The second kappa shape index (κ2) is 4.19. The Morgan fingerprint density at radius 3 is 2.70 bits per heavy atom. The molecule has 1 aliphatic rings. The highest BCUT2D eigenvalue weighted by Crippen LogP contribution is 2.26. The maximum atomic E-state index is 11.9. The fourth-order valence-electron chi connectivity index (χ4n) is 2.60. The zero-order valence-corrected chi connectivity index (χ0v) is 10.5. The number of carbonyl (C=O) groups excluding carboxylic acids is 2. The monoisotopic (exact) mass is 272 g/mol. The van der Waals surface area contributed by atoms with Crippen LogP contribution >= 0.6 is 0 Å². The van der Waals surface area contributed by atoms with Crippen LogP contribution in [0, 0.1) is 0 Å². The van der Waals surface area contributed by atoms with Gasteiger partial charge < -0.3 is 15.4 Å². The highest BCUT2D eigenvalue weighted by atomic mass is 16.4. The first-order valence-electron chi connectivity index (χ1n) is 6.15. The molecule has 1 fully saturated rings. The number of aromatic amines is 1. The molecule has 0 radical (unpaired) electrons. The zero-order valence-electron chi connectivity index (χ0n) is 10.5. The molecule has 2 aromatic rings. The van der Waals surface area contributed by atoms with Crippen LogP contribution in [0.2, 0.25) is 0 Å². The lowest BCUT2D eigenvalue weighted by atomic mass is 9.88. The van der Waals surface area contributed by atoms with Crippen molar-refractivity contribution in [3.8, 4) is 0 Å². The van der Waals surface area contributed by atoms with Gasteiger partial charge in [0.05, 0.1) is 6.42 Å². The lowest BCUT2D eigenvalue weighted by Crippen LogP contribution is -2.55. The molecule has 0 spiro atoms. The van der Waals surface area contributed by atoms with E-state index in [0.717, 1.165) is 10.9 Å². The number of ketones is 1. The second-order valence-corrected chi connectivity index (χ2v) is 4.89. The molecule has 1 amide bonds. The number of nitrogens with one attached hydrogen (secondary N) is 2. The molecule has 1 aliphatic heterocycles. The summed E-state index contributed by atoms with van der Waals surface area (Å²) in [5.41, 5.74) is -0.291. The quantitative estimate of drug-likeness (QED) is 0.713. The van der Waals surface area contributed by atoms with E-state index in [1.807, 2.05) is 24.3 Å². The molecule has 1 aromatic carbocycles. The lowest BCUT2D eigenvalue weighted by molar-refractivity contribution is -0.148. The Labute approximate surface area is 113 Å². The molecule has 102 valence electrons. The molecule has 20 heavy (non-hydrogen) atoms. The minimum atomic E-state index is -1.85. The number of rotatable bonds is 3. The Morgan fingerprint density at radius 1 is 1.30 bits per heavy atom. The molecule has 1 saturated heterocycles. The van der Waals surface area contributed by atoms with Crippen LogP contribution in [-0.4, -0.2) is 33.3 Å². The molecule has 1 aromatic heterocycles. The number of amides is 1. The van der Waals surface area contributed by atoms with Gasteiger partial charge >= 0.3 is 5.97 Å². The van der Waals surface area contributed by atoms with E-state index in [2.05, 4.69) is 10.3 Å². The van der Waals surface area contributed by atoms with Crippen LogP contribution in [0.5, 0.6) is 0 Å². The van der Waals surface area contributed by atoms with Crippen LogP contribution in [0.4, 0.5) is 0 Å². The molecule has 6 heteroatoms. The van der Waals surface area contributed by atoms with Gasteiger partial charge in [0.25, 0.3) is 0 Å². The average molecular weight is 272 g/mol. The van der Waals surface area contributed by atoms with Crippen molar-refractivity contribution in [2.45, 2.75) is 18.4 Å². The van der Waals surface area contributed by atoms with Gasteiger partial charge in [0, 0.05) is 23.5 Å². The van der Waals surface area contributed by atoms with Gasteiger partial charge in [0.2, 0.25) is 11.4 Å². The first kappa shape index (κ1) is 12.4. The number of Topliss-reactive ketones (excluding diaryl/α,β-unsaturated/α-hetero) is 1. The number of carboxylic acids is 1. The van der Waals surface area contributed by atoms with Gasteiger partial charge in [-0.05, 0) is 11.6 Å². The summed E-state index contributed by atoms with van der Waals surface area (Å²) in [6, 6.07) is 7.40. The number of hydrogen-bond acceptors (Lipinski definition) is 3. The normalized spacial score (nSPS) is 22.2. The number of carbonyl (C=O) groups is 3. The minimum absolute atomic E-state index is 0.0586. The fraction of sp³-hybridized carbons (Fsp3) is 0.214. The van der Waals surface area contributed by atoms with Gasteiger partial charge in [0.1, 0.15) is 0 Å². The number of para-hydroxylation sites is 1. The van der Waals surface area contributed by atoms with Gasteiger partial charge in [-0.25, -0.2) is 4.79 Å². The highest BCUT2D eigenvalue weighted by Gasteiger charge is 2.52. The number of benzene rings is 1. The van der Waals surface area contributed by atoms with E-state index < -0.39 is 23.2 Å². The van der Waals surface area contributed by atoms with Crippen molar-refractivity contribution < 1.29 is 19.5 Å². The van der Waals surface area contributed by atoms with Crippen LogP contribution in [0.3, 0.4) is 0 Å². The van der Waals surface area contributed by atoms with Gasteiger partial charge in [-0.1, -0.05) is 18.2 Å². The predicted octanol–water partition coefficient (Wildman–Crippen LogP) is 0.623. The van der Waals surface area contributed by atoms with E-state index >= 15 is 0 Å². The summed E-state index contributed by atoms with van der Waals surface area (Å²) in [4.78, 5) is 37.8. The Balaban J connectivity index is 2.05. The summed E-state index contributed by atoms with van der Waals surface area (Å²) in [6.07, 6.45) is 1.23. The first-order chi connectivity index (χ1) is 9.53. The summed E-state index contributed by atoms with van der Waals surface area (Å²) < 4.78 is 0.